The Morgan fingerprint density at radius 1 is 1.25 bits per heavy atom. The van der Waals surface area contributed by atoms with Crippen LogP contribution in [-0.2, 0) is 0 Å². The third kappa shape index (κ3) is 7.64. The zero-order valence-corrected chi connectivity index (χ0v) is 8.42. The van der Waals surface area contributed by atoms with Crippen molar-refractivity contribution >= 4 is 0 Å². The van der Waals surface area contributed by atoms with E-state index >= 15 is 0 Å². The molecule has 1 N–H and O–H groups in total. The van der Waals surface area contributed by atoms with E-state index in [0.29, 0.717) is 0 Å². The van der Waals surface area contributed by atoms with Gasteiger partial charge in [0.05, 0.1) is 6.26 Å². The first-order valence-electron chi connectivity index (χ1n) is 5.10. The van der Waals surface area contributed by atoms with Crippen molar-refractivity contribution in [2.45, 2.75) is 52.4 Å². The van der Waals surface area contributed by atoms with Crippen molar-refractivity contribution in [1.29, 1.82) is 0 Å². The lowest BCUT2D eigenvalue weighted by Crippen LogP contribution is -1.92. The molecule has 1 heteroatoms. The molecule has 1 nitrogen and oxygen atoms in total. The van der Waals surface area contributed by atoms with Gasteiger partial charge in [0, 0.05) is 0 Å². The summed E-state index contributed by atoms with van der Waals surface area (Å²) in [5.74, 6) is 0.727. The van der Waals surface area contributed by atoms with Crippen LogP contribution < -0.4 is 0 Å². The fraction of sp³-hybridized carbons (Fsp3) is 0.818. The van der Waals surface area contributed by atoms with E-state index in [1.165, 1.54) is 32.1 Å². The van der Waals surface area contributed by atoms with Crippen LogP contribution in [0.3, 0.4) is 0 Å². The maximum atomic E-state index is 8.44. The Hall–Kier alpha value is -0.460. The van der Waals surface area contributed by atoms with Crippen LogP contribution in [0, 0.1) is 5.92 Å². The predicted octanol–water partition coefficient (Wildman–Crippen LogP) is 4.05. The molecule has 1 atom stereocenters. The van der Waals surface area contributed by atoms with Gasteiger partial charge in [-0.3, -0.25) is 0 Å². The smallest absolute Gasteiger partial charge is 0.0751 e. The van der Waals surface area contributed by atoms with Crippen LogP contribution in [0.15, 0.2) is 12.3 Å². The SMILES string of the molecule is CCCCCCC(C)C/C=C/O. The third-order valence-corrected chi connectivity index (χ3v) is 2.19. The van der Waals surface area contributed by atoms with Crippen LogP contribution in [0.1, 0.15) is 52.4 Å². The molecule has 12 heavy (non-hydrogen) atoms. The second-order valence-electron chi connectivity index (χ2n) is 3.57. The van der Waals surface area contributed by atoms with E-state index in [0.717, 1.165) is 18.6 Å². The Balaban J connectivity index is 3.13. The molecule has 0 aromatic rings. The van der Waals surface area contributed by atoms with E-state index in [2.05, 4.69) is 13.8 Å². The molecule has 0 bridgehead atoms. The van der Waals surface area contributed by atoms with Crippen molar-refractivity contribution in [3.8, 4) is 0 Å². The zero-order chi connectivity index (χ0) is 9.23. The van der Waals surface area contributed by atoms with E-state index in [1.807, 2.05) is 6.08 Å². The van der Waals surface area contributed by atoms with Gasteiger partial charge in [-0.05, 0) is 18.4 Å². The molecule has 0 rings (SSSR count). The number of unbranched alkanes of at least 4 members (excludes halogenated alkanes) is 3. The maximum absolute atomic E-state index is 8.44. The normalized spacial score (nSPS) is 13.8. The molecule has 0 heterocycles. The molecule has 0 spiro atoms. The molecule has 0 aliphatic rings. The monoisotopic (exact) mass is 170 g/mol. The number of hydrogen-bond donors (Lipinski definition) is 1. The molecule has 1 unspecified atom stereocenters. The fourth-order valence-electron chi connectivity index (χ4n) is 1.33. The summed E-state index contributed by atoms with van der Waals surface area (Å²) in [6.45, 7) is 4.48. The van der Waals surface area contributed by atoms with Crippen LogP contribution >= 0.6 is 0 Å². The minimum Gasteiger partial charge on any atom is -0.516 e. The lowest BCUT2D eigenvalue weighted by molar-refractivity contribution is 0.456. The summed E-state index contributed by atoms with van der Waals surface area (Å²) in [6.07, 6.45) is 10.7. The third-order valence-electron chi connectivity index (χ3n) is 2.19. The van der Waals surface area contributed by atoms with E-state index < -0.39 is 0 Å². The lowest BCUT2D eigenvalue weighted by atomic mass is 10.00. The van der Waals surface area contributed by atoms with Crippen molar-refractivity contribution in [2.24, 2.45) is 5.92 Å². The highest BCUT2D eigenvalue weighted by atomic mass is 16.2. The standard InChI is InChI=1S/C11H22O/c1-3-4-5-6-8-11(2)9-7-10-12/h7,10-12H,3-6,8-9H2,1-2H3/b10-7+. The Bertz CT molecular complexity index is 108. The van der Waals surface area contributed by atoms with Crippen LogP contribution in [0.5, 0.6) is 0 Å². The number of aliphatic hydroxyl groups is 1. The molecule has 0 fully saturated rings. The van der Waals surface area contributed by atoms with Crippen LogP contribution in [0.2, 0.25) is 0 Å². The highest BCUT2D eigenvalue weighted by Gasteiger charge is 1.98. The van der Waals surface area contributed by atoms with E-state index in [-0.39, 0.29) is 0 Å². The van der Waals surface area contributed by atoms with Crippen LogP contribution in [-0.4, -0.2) is 5.11 Å². The fourth-order valence-corrected chi connectivity index (χ4v) is 1.33. The van der Waals surface area contributed by atoms with Gasteiger partial charge in [0.1, 0.15) is 0 Å². The first kappa shape index (κ1) is 11.5. The van der Waals surface area contributed by atoms with Gasteiger partial charge in [-0.25, -0.2) is 0 Å². The van der Waals surface area contributed by atoms with Crippen LogP contribution in [0.25, 0.3) is 0 Å². The first-order chi connectivity index (χ1) is 5.81. The molecule has 0 aliphatic carbocycles. The van der Waals surface area contributed by atoms with Gasteiger partial charge in [-0.1, -0.05) is 46.0 Å². The highest BCUT2D eigenvalue weighted by Crippen LogP contribution is 2.13. The van der Waals surface area contributed by atoms with E-state index in [9.17, 15) is 0 Å². The molecule has 72 valence electrons. The maximum Gasteiger partial charge on any atom is 0.0751 e. The molecule has 0 aliphatic heterocycles. The van der Waals surface area contributed by atoms with Gasteiger partial charge < -0.3 is 5.11 Å². The molecule has 0 radical (unpaired) electrons. The number of rotatable bonds is 7. The molecule has 0 saturated carbocycles. The average molecular weight is 170 g/mol. The topological polar surface area (TPSA) is 20.2 Å². The number of allylic oxidation sites excluding steroid dienone is 1. The summed E-state index contributed by atoms with van der Waals surface area (Å²) in [5.41, 5.74) is 0. The van der Waals surface area contributed by atoms with Gasteiger partial charge in [-0.2, -0.15) is 0 Å². The Kier molecular flexibility index (Phi) is 8.30. The summed E-state index contributed by atoms with van der Waals surface area (Å²) in [6, 6.07) is 0. The first-order valence-corrected chi connectivity index (χ1v) is 5.10. The zero-order valence-electron chi connectivity index (χ0n) is 8.42. The van der Waals surface area contributed by atoms with Gasteiger partial charge in [0.2, 0.25) is 0 Å². The summed E-state index contributed by atoms with van der Waals surface area (Å²) in [7, 11) is 0. The lowest BCUT2D eigenvalue weighted by Gasteiger charge is -2.06. The quantitative estimate of drug-likeness (QED) is 0.451. The molecular formula is C11H22O. The van der Waals surface area contributed by atoms with Gasteiger partial charge >= 0.3 is 0 Å². The van der Waals surface area contributed by atoms with Gasteiger partial charge in [-0.15, -0.1) is 0 Å². The molecule has 0 amide bonds. The van der Waals surface area contributed by atoms with Crippen LogP contribution in [0.4, 0.5) is 0 Å². The Labute approximate surface area is 76.5 Å². The van der Waals surface area contributed by atoms with Crippen molar-refractivity contribution in [2.75, 3.05) is 0 Å². The van der Waals surface area contributed by atoms with Gasteiger partial charge in [0.15, 0.2) is 0 Å². The summed E-state index contributed by atoms with van der Waals surface area (Å²) in [4.78, 5) is 0. The summed E-state index contributed by atoms with van der Waals surface area (Å²) >= 11 is 0. The number of hydrogen-bond acceptors (Lipinski definition) is 1. The van der Waals surface area contributed by atoms with Crippen molar-refractivity contribution in [1.82, 2.24) is 0 Å². The molecule has 0 aromatic carbocycles. The number of aliphatic hydroxyl groups excluding tert-OH is 1. The second kappa shape index (κ2) is 8.63. The van der Waals surface area contributed by atoms with Gasteiger partial charge in [0.25, 0.3) is 0 Å². The Morgan fingerprint density at radius 3 is 2.58 bits per heavy atom. The minimum absolute atomic E-state index is 0.727. The second-order valence-corrected chi connectivity index (χ2v) is 3.57. The van der Waals surface area contributed by atoms with Crippen molar-refractivity contribution in [3.63, 3.8) is 0 Å². The molecule has 0 saturated heterocycles. The minimum atomic E-state index is 0.727. The molecule has 0 aromatic heterocycles. The average Bonchev–Trinajstić information content (AvgIpc) is 2.09. The predicted molar refractivity (Wildman–Crippen MR) is 54.3 cm³/mol. The van der Waals surface area contributed by atoms with E-state index in [1.54, 1.807) is 0 Å². The highest BCUT2D eigenvalue weighted by molar-refractivity contribution is 4.74. The van der Waals surface area contributed by atoms with Crippen molar-refractivity contribution < 1.29 is 5.11 Å². The molecular weight excluding hydrogens is 148 g/mol. The largest absolute Gasteiger partial charge is 0.516 e. The summed E-state index contributed by atoms with van der Waals surface area (Å²) < 4.78 is 0. The Morgan fingerprint density at radius 2 is 2.00 bits per heavy atom. The summed E-state index contributed by atoms with van der Waals surface area (Å²) in [5, 5.41) is 8.44. The van der Waals surface area contributed by atoms with E-state index in [4.69, 9.17) is 5.11 Å². The van der Waals surface area contributed by atoms with Crippen molar-refractivity contribution in [3.05, 3.63) is 12.3 Å².